The lowest BCUT2D eigenvalue weighted by molar-refractivity contribution is -0.148. The Kier molecular flexibility index (Phi) is 5.08. The minimum Gasteiger partial charge on any atom is -0.464 e. The van der Waals surface area contributed by atoms with Gasteiger partial charge in [-0.2, -0.15) is 0 Å². The van der Waals surface area contributed by atoms with Crippen molar-refractivity contribution in [1.82, 2.24) is 0 Å². The number of carbonyl (C=O) groups is 1. The monoisotopic (exact) mass is 267 g/mol. The van der Waals surface area contributed by atoms with Crippen LogP contribution in [0.25, 0.3) is 0 Å². The highest BCUT2D eigenvalue weighted by Crippen LogP contribution is 2.25. The molecule has 0 bridgehead atoms. The van der Waals surface area contributed by atoms with Gasteiger partial charge in [0.05, 0.1) is 6.61 Å². The number of ether oxygens (including phenoxy) is 1. The van der Waals surface area contributed by atoms with Crippen molar-refractivity contribution in [1.29, 1.82) is 0 Å². The molecule has 0 amide bonds. The lowest BCUT2D eigenvalue weighted by atomic mass is 10.0. The third kappa shape index (κ3) is 3.19. The summed E-state index contributed by atoms with van der Waals surface area (Å²) in [7, 11) is 1.91. The smallest absolute Gasteiger partial charge is 0.331 e. The van der Waals surface area contributed by atoms with E-state index >= 15 is 0 Å². The fourth-order valence-electron chi connectivity index (χ4n) is 1.57. The Bertz CT molecular complexity index is 401. The highest BCUT2D eigenvalue weighted by atomic mass is 32.2. The van der Waals surface area contributed by atoms with Crippen LogP contribution in [0.3, 0.4) is 0 Å². The average molecular weight is 267 g/mol. The Hall–Kier alpha value is -1.16. The summed E-state index contributed by atoms with van der Waals surface area (Å²) in [6.07, 6.45) is 2.04. The molecule has 0 fully saturated rings. The van der Waals surface area contributed by atoms with Crippen LogP contribution in [0, 0.1) is 0 Å². The maximum Gasteiger partial charge on any atom is 0.331 e. The van der Waals surface area contributed by atoms with Gasteiger partial charge in [-0.1, -0.05) is 0 Å². The zero-order chi connectivity index (χ0) is 13.8. The van der Waals surface area contributed by atoms with Gasteiger partial charge in [0.15, 0.2) is 0 Å². The molecule has 0 aliphatic heterocycles. The maximum atomic E-state index is 11.9. The van der Waals surface area contributed by atoms with Crippen LogP contribution in [0.5, 0.6) is 0 Å². The number of anilines is 1. The molecule has 0 spiro atoms. The quantitative estimate of drug-likeness (QED) is 0.605. The van der Waals surface area contributed by atoms with Gasteiger partial charge in [0.25, 0.3) is 0 Å². The van der Waals surface area contributed by atoms with Gasteiger partial charge in [-0.15, -0.1) is 11.8 Å². The first-order chi connectivity index (χ1) is 8.43. The molecule has 3 nitrogen and oxygen atoms in total. The van der Waals surface area contributed by atoms with Crippen LogP contribution in [0.2, 0.25) is 0 Å². The summed E-state index contributed by atoms with van der Waals surface area (Å²) in [5.74, 6) is -0.207. The lowest BCUT2D eigenvalue weighted by Crippen LogP contribution is -2.49. The second-order valence-electron chi connectivity index (χ2n) is 4.54. The van der Waals surface area contributed by atoms with Crippen molar-refractivity contribution in [2.45, 2.75) is 31.2 Å². The van der Waals surface area contributed by atoms with Crippen molar-refractivity contribution in [3.8, 4) is 0 Å². The van der Waals surface area contributed by atoms with Gasteiger partial charge in [0.1, 0.15) is 5.54 Å². The minimum absolute atomic E-state index is 0.207. The molecule has 18 heavy (non-hydrogen) atoms. The fourth-order valence-corrected chi connectivity index (χ4v) is 1.98. The molecule has 0 atom stereocenters. The van der Waals surface area contributed by atoms with E-state index in [1.54, 1.807) is 11.8 Å². The summed E-state index contributed by atoms with van der Waals surface area (Å²) in [4.78, 5) is 15.1. The van der Waals surface area contributed by atoms with Crippen molar-refractivity contribution < 1.29 is 9.53 Å². The van der Waals surface area contributed by atoms with Gasteiger partial charge in [-0.25, -0.2) is 4.79 Å². The van der Waals surface area contributed by atoms with Crippen LogP contribution in [-0.4, -0.2) is 31.4 Å². The number of hydrogen-bond donors (Lipinski definition) is 0. The molecule has 0 N–H and O–H groups in total. The van der Waals surface area contributed by atoms with Gasteiger partial charge >= 0.3 is 5.97 Å². The molecule has 0 unspecified atom stereocenters. The normalized spacial score (nSPS) is 11.2. The summed E-state index contributed by atoms with van der Waals surface area (Å²) >= 11 is 1.70. The van der Waals surface area contributed by atoms with E-state index in [0.717, 1.165) is 5.69 Å². The Morgan fingerprint density at radius 2 is 1.89 bits per heavy atom. The van der Waals surface area contributed by atoms with Crippen molar-refractivity contribution in [2.75, 3.05) is 24.8 Å². The van der Waals surface area contributed by atoms with Crippen LogP contribution < -0.4 is 4.90 Å². The molecule has 0 radical (unpaired) electrons. The number of nitrogens with zero attached hydrogens (tertiary/aromatic N) is 1. The molecule has 100 valence electrons. The van der Waals surface area contributed by atoms with E-state index in [4.69, 9.17) is 4.74 Å². The first-order valence-corrected chi connectivity index (χ1v) is 7.21. The summed E-state index contributed by atoms with van der Waals surface area (Å²) in [6, 6.07) is 8.15. The number of esters is 1. The lowest BCUT2D eigenvalue weighted by Gasteiger charge is -2.35. The van der Waals surface area contributed by atoms with Crippen LogP contribution in [0.1, 0.15) is 20.8 Å². The first-order valence-electron chi connectivity index (χ1n) is 5.98. The van der Waals surface area contributed by atoms with Crippen molar-refractivity contribution in [2.24, 2.45) is 0 Å². The Balaban J connectivity index is 2.90. The molecule has 0 heterocycles. The van der Waals surface area contributed by atoms with Gasteiger partial charge in [-0.05, 0) is 51.3 Å². The summed E-state index contributed by atoms with van der Waals surface area (Å²) in [5, 5.41) is 0. The maximum absolute atomic E-state index is 11.9. The standard InChI is InChI=1S/C14H21NO2S/c1-6-17-13(16)14(2,3)15(4)11-7-9-12(18-5)10-8-11/h7-10H,6H2,1-5H3. The Morgan fingerprint density at radius 1 is 1.33 bits per heavy atom. The molecule has 1 rings (SSSR count). The van der Waals surface area contributed by atoms with E-state index in [2.05, 4.69) is 12.1 Å². The van der Waals surface area contributed by atoms with Crippen molar-refractivity contribution in [3.05, 3.63) is 24.3 Å². The van der Waals surface area contributed by atoms with E-state index in [1.807, 2.05) is 51.1 Å². The zero-order valence-corrected chi connectivity index (χ0v) is 12.5. The van der Waals surface area contributed by atoms with E-state index in [-0.39, 0.29) is 5.97 Å². The fraction of sp³-hybridized carbons (Fsp3) is 0.500. The third-order valence-corrected chi connectivity index (χ3v) is 3.82. The SMILES string of the molecule is CCOC(=O)C(C)(C)N(C)c1ccc(SC)cc1. The molecule has 1 aromatic carbocycles. The summed E-state index contributed by atoms with van der Waals surface area (Å²) in [6.45, 7) is 5.96. The van der Waals surface area contributed by atoms with Crippen LogP contribution in [-0.2, 0) is 9.53 Å². The number of hydrogen-bond acceptors (Lipinski definition) is 4. The topological polar surface area (TPSA) is 29.5 Å². The number of benzene rings is 1. The number of rotatable bonds is 5. The van der Waals surface area contributed by atoms with Gasteiger partial charge in [-0.3, -0.25) is 0 Å². The molecule has 4 heteroatoms. The Morgan fingerprint density at radius 3 is 2.33 bits per heavy atom. The molecule has 1 aromatic rings. The largest absolute Gasteiger partial charge is 0.464 e. The van der Waals surface area contributed by atoms with E-state index in [0.29, 0.717) is 6.61 Å². The Labute approximate surface area is 114 Å². The third-order valence-electron chi connectivity index (χ3n) is 3.07. The first kappa shape index (κ1) is 14.9. The zero-order valence-electron chi connectivity index (χ0n) is 11.7. The van der Waals surface area contributed by atoms with Crippen LogP contribution in [0.4, 0.5) is 5.69 Å². The average Bonchev–Trinajstić information content (AvgIpc) is 2.38. The van der Waals surface area contributed by atoms with Gasteiger partial charge < -0.3 is 9.64 Å². The van der Waals surface area contributed by atoms with Crippen molar-refractivity contribution >= 4 is 23.4 Å². The second kappa shape index (κ2) is 6.14. The molecule has 0 aliphatic rings. The predicted molar refractivity (Wildman–Crippen MR) is 77.3 cm³/mol. The van der Waals surface area contributed by atoms with Crippen LogP contribution in [0.15, 0.2) is 29.2 Å². The van der Waals surface area contributed by atoms with E-state index in [9.17, 15) is 4.79 Å². The highest BCUT2D eigenvalue weighted by Gasteiger charge is 2.33. The predicted octanol–water partition coefficient (Wildman–Crippen LogP) is 3.19. The second-order valence-corrected chi connectivity index (χ2v) is 5.42. The van der Waals surface area contributed by atoms with E-state index in [1.165, 1.54) is 4.90 Å². The number of thioether (sulfide) groups is 1. The van der Waals surface area contributed by atoms with Gasteiger partial charge in [0.2, 0.25) is 0 Å². The molecule has 0 aromatic heterocycles. The molecule has 0 saturated heterocycles. The van der Waals surface area contributed by atoms with Crippen molar-refractivity contribution in [3.63, 3.8) is 0 Å². The summed E-state index contributed by atoms with van der Waals surface area (Å²) < 4.78 is 5.11. The number of carbonyl (C=O) groups excluding carboxylic acids is 1. The summed E-state index contributed by atoms with van der Waals surface area (Å²) in [5.41, 5.74) is 0.336. The van der Waals surface area contributed by atoms with Crippen LogP contribution >= 0.6 is 11.8 Å². The van der Waals surface area contributed by atoms with Gasteiger partial charge in [0, 0.05) is 17.6 Å². The molecular weight excluding hydrogens is 246 g/mol. The molecular formula is C14H21NO2S. The molecule has 0 aliphatic carbocycles. The highest BCUT2D eigenvalue weighted by molar-refractivity contribution is 7.98. The van der Waals surface area contributed by atoms with E-state index < -0.39 is 5.54 Å². The minimum atomic E-state index is -0.670. The molecule has 0 saturated carbocycles. The number of likely N-dealkylation sites (N-methyl/N-ethyl adjacent to an activating group) is 1.